The quantitative estimate of drug-likeness (QED) is 0.870. The van der Waals surface area contributed by atoms with Gasteiger partial charge in [0.15, 0.2) is 0 Å². The predicted molar refractivity (Wildman–Crippen MR) is 70.8 cm³/mol. The highest BCUT2D eigenvalue weighted by Gasteiger charge is 2.16. The second-order valence-corrected chi connectivity index (χ2v) is 4.25. The summed E-state index contributed by atoms with van der Waals surface area (Å²) in [6, 6.07) is 16.4. The van der Waals surface area contributed by atoms with Gasteiger partial charge in [0.2, 0.25) is 0 Å². The van der Waals surface area contributed by atoms with E-state index < -0.39 is 18.8 Å². The number of hydrogen-bond donors (Lipinski definition) is 2. The van der Waals surface area contributed by atoms with Crippen molar-refractivity contribution in [2.75, 3.05) is 6.67 Å². The van der Waals surface area contributed by atoms with Gasteiger partial charge < -0.3 is 10.8 Å². The van der Waals surface area contributed by atoms with Gasteiger partial charge in [-0.1, -0.05) is 54.6 Å². The second-order valence-electron chi connectivity index (χ2n) is 4.25. The third-order valence-electron chi connectivity index (χ3n) is 2.94. The van der Waals surface area contributed by atoms with Crippen molar-refractivity contribution in [3.63, 3.8) is 0 Å². The highest BCUT2D eigenvalue weighted by Crippen LogP contribution is 2.22. The van der Waals surface area contributed by atoms with E-state index in [4.69, 9.17) is 5.73 Å². The first kappa shape index (κ1) is 12.7. The third kappa shape index (κ3) is 2.75. The lowest BCUT2D eigenvalue weighted by Crippen LogP contribution is -2.30. The molecule has 0 amide bonds. The number of halogens is 1. The first-order valence-corrected chi connectivity index (χ1v) is 5.87. The van der Waals surface area contributed by atoms with Crippen molar-refractivity contribution in [3.05, 3.63) is 60.2 Å². The smallest absolute Gasteiger partial charge is 0.107 e. The van der Waals surface area contributed by atoms with Gasteiger partial charge in [-0.2, -0.15) is 0 Å². The van der Waals surface area contributed by atoms with Gasteiger partial charge in [0.05, 0.1) is 12.1 Å². The number of rotatable bonds is 4. The minimum Gasteiger partial charge on any atom is -0.387 e. The van der Waals surface area contributed by atoms with Crippen LogP contribution in [0.3, 0.4) is 0 Å². The van der Waals surface area contributed by atoms with Crippen LogP contribution in [0.2, 0.25) is 0 Å². The summed E-state index contributed by atoms with van der Waals surface area (Å²) in [6.07, 6.45) is -0.958. The van der Waals surface area contributed by atoms with Gasteiger partial charge in [-0.15, -0.1) is 0 Å². The summed E-state index contributed by atoms with van der Waals surface area (Å²) in [5.41, 5.74) is 8.27. The molecule has 0 fully saturated rings. The zero-order valence-corrected chi connectivity index (χ0v) is 9.96. The first-order chi connectivity index (χ1) is 8.72. The van der Waals surface area contributed by atoms with E-state index in [-0.39, 0.29) is 0 Å². The molecular weight excluding hydrogens is 229 g/mol. The molecule has 0 saturated carbocycles. The molecule has 0 unspecified atom stereocenters. The van der Waals surface area contributed by atoms with E-state index in [2.05, 4.69) is 0 Å². The van der Waals surface area contributed by atoms with E-state index >= 15 is 0 Å². The number of aliphatic hydroxyl groups is 1. The first-order valence-electron chi connectivity index (χ1n) is 5.87. The standard InChI is InChI=1S/C15H16FNO/c16-10-14(17)15(18)13-8-6-12(7-9-13)11-4-2-1-3-5-11/h1-9,14-15,18H,10,17H2/t14-,15-/m1/s1. The van der Waals surface area contributed by atoms with Crippen LogP contribution >= 0.6 is 0 Å². The van der Waals surface area contributed by atoms with Crippen LogP contribution in [0.15, 0.2) is 54.6 Å². The molecule has 18 heavy (non-hydrogen) atoms. The second kappa shape index (κ2) is 5.76. The van der Waals surface area contributed by atoms with Crippen LogP contribution in [0.4, 0.5) is 4.39 Å². The van der Waals surface area contributed by atoms with E-state index in [0.29, 0.717) is 5.56 Å². The Labute approximate surface area is 106 Å². The zero-order chi connectivity index (χ0) is 13.0. The number of hydrogen-bond acceptors (Lipinski definition) is 2. The molecule has 2 nitrogen and oxygen atoms in total. The third-order valence-corrected chi connectivity index (χ3v) is 2.94. The van der Waals surface area contributed by atoms with E-state index in [9.17, 15) is 9.50 Å². The molecule has 0 aliphatic carbocycles. The summed E-state index contributed by atoms with van der Waals surface area (Å²) in [5.74, 6) is 0. The maximum atomic E-state index is 12.4. The molecule has 94 valence electrons. The van der Waals surface area contributed by atoms with Crippen LogP contribution in [-0.4, -0.2) is 17.8 Å². The fraction of sp³-hybridized carbons (Fsp3) is 0.200. The molecule has 2 atom stereocenters. The molecule has 3 heteroatoms. The monoisotopic (exact) mass is 245 g/mol. The van der Waals surface area contributed by atoms with Crippen LogP contribution in [0.25, 0.3) is 11.1 Å². The summed E-state index contributed by atoms with van der Waals surface area (Å²) in [7, 11) is 0. The van der Waals surface area contributed by atoms with Crippen LogP contribution in [0.5, 0.6) is 0 Å². The Bertz CT molecular complexity index is 484. The Morgan fingerprint density at radius 2 is 1.50 bits per heavy atom. The Balaban J connectivity index is 2.20. The summed E-state index contributed by atoms with van der Waals surface area (Å²) >= 11 is 0. The molecule has 0 aliphatic heterocycles. The molecular formula is C15H16FNO. The Morgan fingerprint density at radius 3 is 2.06 bits per heavy atom. The number of benzene rings is 2. The summed E-state index contributed by atoms with van der Waals surface area (Å²) in [5, 5.41) is 9.79. The van der Waals surface area contributed by atoms with Crippen molar-refractivity contribution in [3.8, 4) is 11.1 Å². The van der Waals surface area contributed by atoms with Gasteiger partial charge in [0.1, 0.15) is 6.67 Å². The van der Waals surface area contributed by atoms with Gasteiger partial charge >= 0.3 is 0 Å². The average molecular weight is 245 g/mol. The maximum absolute atomic E-state index is 12.4. The molecule has 0 saturated heterocycles. The minimum absolute atomic E-state index is 0.639. The van der Waals surface area contributed by atoms with Crippen LogP contribution in [-0.2, 0) is 0 Å². The predicted octanol–water partition coefficient (Wildman–Crippen LogP) is 2.68. The molecule has 0 radical (unpaired) electrons. The van der Waals surface area contributed by atoms with Crippen LogP contribution in [0.1, 0.15) is 11.7 Å². The molecule has 2 aromatic carbocycles. The SMILES string of the molecule is N[C@H](CF)[C@H](O)c1ccc(-c2ccccc2)cc1. The highest BCUT2D eigenvalue weighted by molar-refractivity contribution is 5.63. The summed E-state index contributed by atoms with van der Waals surface area (Å²) < 4.78 is 12.4. The lowest BCUT2D eigenvalue weighted by atomic mass is 9.99. The Morgan fingerprint density at radius 1 is 0.944 bits per heavy atom. The van der Waals surface area contributed by atoms with Gasteiger partial charge in [0.25, 0.3) is 0 Å². The molecule has 0 aromatic heterocycles. The fourth-order valence-electron chi connectivity index (χ4n) is 1.83. The molecule has 0 spiro atoms. The van der Waals surface area contributed by atoms with Gasteiger partial charge in [-0.05, 0) is 16.7 Å². The van der Waals surface area contributed by atoms with E-state index in [1.165, 1.54) is 0 Å². The number of alkyl halides is 1. The molecule has 2 aromatic rings. The van der Waals surface area contributed by atoms with Crippen molar-refractivity contribution in [2.45, 2.75) is 12.1 Å². The zero-order valence-electron chi connectivity index (χ0n) is 9.96. The normalized spacial score (nSPS) is 14.2. The van der Waals surface area contributed by atoms with Crippen molar-refractivity contribution in [1.82, 2.24) is 0 Å². The largest absolute Gasteiger partial charge is 0.387 e. The Hall–Kier alpha value is -1.71. The molecule has 0 heterocycles. The maximum Gasteiger partial charge on any atom is 0.107 e. The minimum atomic E-state index is -0.958. The molecule has 0 aliphatic rings. The average Bonchev–Trinajstić information content (AvgIpc) is 2.47. The topological polar surface area (TPSA) is 46.2 Å². The summed E-state index contributed by atoms with van der Waals surface area (Å²) in [6.45, 7) is -0.735. The van der Waals surface area contributed by atoms with Gasteiger partial charge in [-0.3, -0.25) is 0 Å². The van der Waals surface area contributed by atoms with E-state index in [0.717, 1.165) is 11.1 Å². The van der Waals surface area contributed by atoms with E-state index in [1.807, 2.05) is 42.5 Å². The van der Waals surface area contributed by atoms with Gasteiger partial charge in [0, 0.05) is 0 Å². The van der Waals surface area contributed by atoms with Gasteiger partial charge in [-0.25, -0.2) is 4.39 Å². The lowest BCUT2D eigenvalue weighted by molar-refractivity contribution is 0.132. The van der Waals surface area contributed by atoms with Crippen molar-refractivity contribution < 1.29 is 9.50 Å². The molecule has 0 bridgehead atoms. The van der Waals surface area contributed by atoms with Crippen LogP contribution < -0.4 is 5.73 Å². The van der Waals surface area contributed by atoms with Crippen LogP contribution in [0, 0.1) is 0 Å². The number of aliphatic hydroxyl groups excluding tert-OH is 1. The Kier molecular flexibility index (Phi) is 4.07. The molecule has 2 rings (SSSR count). The van der Waals surface area contributed by atoms with E-state index in [1.54, 1.807) is 12.1 Å². The highest BCUT2D eigenvalue weighted by atomic mass is 19.1. The van der Waals surface area contributed by atoms with Crippen molar-refractivity contribution in [2.24, 2.45) is 5.73 Å². The lowest BCUT2D eigenvalue weighted by Gasteiger charge is -2.16. The summed E-state index contributed by atoms with van der Waals surface area (Å²) in [4.78, 5) is 0. The fourth-order valence-corrected chi connectivity index (χ4v) is 1.83. The number of nitrogens with two attached hydrogens (primary N) is 1. The molecule has 3 N–H and O–H groups in total. The van der Waals surface area contributed by atoms with Crippen molar-refractivity contribution in [1.29, 1.82) is 0 Å². The van der Waals surface area contributed by atoms with Crippen molar-refractivity contribution >= 4 is 0 Å².